The molecular weight excluding hydrogens is 556 g/mol. The van der Waals surface area contributed by atoms with Crippen molar-refractivity contribution in [2.45, 2.75) is 0 Å². The van der Waals surface area contributed by atoms with Crippen LogP contribution in [0.15, 0.2) is 194 Å². The molecule has 0 unspecified atom stereocenters. The van der Waals surface area contributed by atoms with Crippen molar-refractivity contribution in [1.82, 2.24) is 4.57 Å². The first-order chi connectivity index (χ1) is 22.8. The Labute approximate surface area is 270 Å². The van der Waals surface area contributed by atoms with Crippen LogP contribution in [0.25, 0.3) is 50.0 Å². The van der Waals surface area contributed by atoms with Crippen molar-refractivity contribution < 1.29 is 0 Å². The summed E-state index contributed by atoms with van der Waals surface area (Å²) in [4.78, 5) is 2.31. The molecule has 8 rings (SSSR count). The molecule has 8 aromatic rings. The molecule has 218 valence electrons. The molecule has 1 aromatic heterocycles. The van der Waals surface area contributed by atoms with Crippen molar-refractivity contribution in [3.63, 3.8) is 0 Å². The molecule has 0 fully saturated rings. The van der Waals surface area contributed by atoms with Gasteiger partial charge in [0.1, 0.15) is 0 Å². The summed E-state index contributed by atoms with van der Waals surface area (Å²) in [6.07, 6.45) is 2.16. The average molecular weight is 589 g/mol. The van der Waals surface area contributed by atoms with Gasteiger partial charge in [0.25, 0.3) is 0 Å². The summed E-state index contributed by atoms with van der Waals surface area (Å²) >= 11 is 0. The fourth-order valence-corrected chi connectivity index (χ4v) is 6.25. The van der Waals surface area contributed by atoms with E-state index in [1.54, 1.807) is 0 Å². The summed E-state index contributed by atoms with van der Waals surface area (Å²) in [5.74, 6) is 0. The molecule has 0 N–H and O–H groups in total. The van der Waals surface area contributed by atoms with Crippen LogP contribution in [0.2, 0.25) is 0 Å². The molecule has 0 amide bonds. The fourth-order valence-electron chi connectivity index (χ4n) is 6.25. The minimum Gasteiger partial charge on any atom is -0.317 e. The van der Waals surface area contributed by atoms with Crippen LogP contribution in [-0.4, -0.2) is 4.57 Å². The standard InChI is InChI=1S/C44H32N2/c1-4-10-33(11-5-1)35-18-25-42(26-19-35)46(41-14-8-3-9-15-41)43-27-20-37(21-28-43)36-16-23-40(24-17-36)45-31-30-39-32-38(22-29-44(39)45)34-12-6-2-7-13-34/h1-32H. The molecule has 0 atom stereocenters. The van der Waals surface area contributed by atoms with Gasteiger partial charge in [-0.3, -0.25) is 0 Å². The van der Waals surface area contributed by atoms with Crippen LogP contribution in [0.5, 0.6) is 0 Å². The highest BCUT2D eigenvalue weighted by atomic mass is 15.1. The maximum Gasteiger partial charge on any atom is 0.0528 e. The molecule has 0 saturated heterocycles. The van der Waals surface area contributed by atoms with Crippen molar-refractivity contribution >= 4 is 28.0 Å². The van der Waals surface area contributed by atoms with Crippen molar-refractivity contribution in [1.29, 1.82) is 0 Å². The van der Waals surface area contributed by atoms with E-state index in [4.69, 9.17) is 0 Å². The van der Waals surface area contributed by atoms with Crippen LogP contribution in [0.3, 0.4) is 0 Å². The fraction of sp³-hybridized carbons (Fsp3) is 0. The highest BCUT2D eigenvalue weighted by molar-refractivity contribution is 5.87. The van der Waals surface area contributed by atoms with Crippen LogP contribution in [-0.2, 0) is 0 Å². The lowest BCUT2D eigenvalue weighted by Gasteiger charge is -2.26. The Morgan fingerprint density at radius 1 is 0.326 bits per heavy atom. The SMILES string of the molecule is c1ccc(-c2ccc(N(c3ccccc3)c3ccc(-c4ccc(-n5ccc6cc(-c7ccccc7)ccc65)cc4)cc3)cc2)cc1. The lowest BCUT2D eigenvalue weighted by molar-refractivity contribution is 1.13. The van der Waals surface area contributed by atoms with Gasteiger partial charge >= 0.3 is 0 Å². The van der Waals surface area contributed by atoms with E-state index >= 15 is 0 Å². The van der Waals surface area contributed by atoms with Gasteiger partial charge < -0.3 is 9.47 Å². The molecule has 0 aliphatic carbocycles. The van der Waals surface area contributed by atoms with Crippen molar-refractivity contribution in [3.05, 3.63) is 194 Å². The second-order valence-corrected chi connectivity index (χ2v) is 11.5. The van der Waals surface area contributed by atoms with E-state index in [0.29, 0.717) is 0 Å². The summed E-state index contributed by atoms with van der Waals surface area (Å²) in [7, 11) is 0. The van der Waals surface area contributed by atoms with Crippen LogP contribution < -0.4 is 4.90 Å². The zero-order valence-electron chi connectivity index (χ0n) is 25.4. The molecule has 1 heterocycles. The number of nitrogens with zero attached hydrogens (tertiary/aromatic N) is 2. The molecule has 2 heteroatoms. The van der Waals surface area contributed by atoms with Gasteiger partial charge in [-0.25, -0.2) is 0 Å². The van der Waals surface area contributed by atoms with E-state index in [0.717, 1.165) is 22.7 Å². The number of rotatable bonds is 7. The van der Waals surface area contributed by atoms with Crippen molar-refractivity contribution in [2.24, 2.45) is 0 Å². The quantitative estimate of drug-likeness (QED) is 0.180. The summed E-state index contributed by atoms with van der Waals surface area (Å²) in [6.45, 7) is 0. The Morgan fingerprint density at radius 3 is 1.28 bits per heavy atom. The number of anilines is 3. The van der Waals surface area contributed by atoms with E-state index in [2.05, 4.69) is 204 Å². The summed E-state index contributed by atoms with van der Waals surface area (Å²) < 4.78 is 2.26. The van der Waals surface area contributed by atoms with Gasteiger partial charge in [-0.1, -0.05) is 121 Å². The Bertz CT molecular complexity index is 2200. The lowest BCUT2D eigenvalue weighted by Crippen LogP contribution is -2.09. The van der Waals surface area contributed by atoms with Gasteiger partial charge in [-0.2, -0.15) is 0 Å². The molecule has 0 aliphatic rings. The predicted octanol–water partition coefficient (Wildman–Crippen LogP) is 12.1. The van der Waals surface area contributed by atoms with E-state index < -0.39 is 0 Å². The second-order valence-electron chi connectivity index (χ2n) is 11.5. The third-order valence-electron chi connectivity index (χ3n) is 8.65. The predicted molar refractivity (Wildman–Crippen MR) is 194 cm³/mol. The largest absolute Gasteiger partial charge is 0.317 e. The number of hydrogen-bond donors (Lipinski definition) is 0. The number of para-hydroxylation sites is 1. The summed E-state index contributed by atoms with van der Waals surface area (Å²) in [5, 5.41) is 1.23. The van der Waals surface area contributed by atoms with Crippen molar-refractivity contribution in [2.75, 3.05) is 4.90 Å². The van der Waals surface area contributed by atoms with Gasteiger partial charge in [0.15, 0.2) is 0 Å². The molecule has 2 nitrogen and oxygen atoms in total. The average Bonchev–Trinajstić information content (AvgIpc) is 3.57. The Balaban J connectivity index is 1.06. The minimum absolute atomic E-state index is 1.12. The number of benzene rings is 7. The van der Waals surface area contributed by atoms with E-state index in [1.807, 2.05) is 0 Å². The first-order valence-corrected chi connectivity index (χ1v) is 15.7. The zero-order valence-corrected chi connectivity index (χ0v) is 25.4. The molecule has 46 heavy (non-hydrogen) atoms. The molecule has 0 saturated carbocycles. The van der Waals surface area contributed by atoms with Gasteiger partial charge in [0.05, 0.1) is 5.52 Å². The molecule has 0 radical (unpaired) electrons. The minimum atomic E-state index is 1.12. The topological polar surface area (TPSA) is 8.17 Å². The van der Waals surface area contributed by atoms with Crippen LogP contribution >= 0.6 is 0 Å². The highest BCUT2D eigenvalue weighted by Crippen LogP contribution is 2.37. The molecule has 7 aromatic carbocycles. The lowest BCUT2D eigenvalue weighted by atomic mass is 10.0. The normalized spacial score (nSPS) is 11.0. The van der Waals surface area contributed by atoms with Crippen LogP contribution in [0.4, 0.5) is 17.1 Å². The van der Waals surface area contributed by atoms with Gasteiger partial charge in [-0.05, 0) is 100 Å². The maximum absolute atomic E-state index is 2.31. The molecule has 0 spiro atoms. The molecular formula is C44H32N2. The highest BCUT2D eigenvalue weighted by Gasteiger charge is 2.13. The monoisotopic (exact) mass is 588 g/mol. The van der Waals surface area contributed by atoms with Gasteiger partial charge in [0.2, 0.25) is 0 Å². The Hall–Kier alpha value is -6.12. The summed E-state index contributed by atoms with van der Waals surface area (Å²) in [6, 6.07) is 67.0. The van der Waals surface area contributed by atoms with E-state index in [9.17, 15) is 0 Å². The summed E-state index contributed by atoms with van der Waals surface area (Å²) in [5.41, 5.74) is 13.0. The first-order valence-electron chi connectivity index (χ1n) is 15.7. The number of hydrogen-bond acceptors (Lipinski definition) is 1. The Kier molecular flexibility index (Phi) is 7.22. The van der Waals surface area contributed by atoms with E-state index in [-0.39, 0.29) is 0 Å². The molecule has 0 bridgehead atoms. The van der Waals surface area contributed by atoms with E-state index in [1.165, 1.54) is 44.3 Å². The van der Waals surface area contributed by atoms with Crippen LogP contribution in [0, 0.1) is 0 Å². The third kappa shape index (κ3) is 5.38. The smallest absolute Gasteiger partial charge is 0.0528 e. The Morgan fingerprint density at radius 2 is 0.739 bits per heavy atom. The zero-order chi connectivity index (χ0) is 30.7. The first kappa shape index (κ1) is 27.4. The van der Waals surface area contributed by atoms with Crippen molar-refractivity contribution in [3.8, 4) is 39.1 Å². The molecule has 0 aliphatic heterocycles. The van der Waals surface area contributed by atoms with Gasteiger partial charge in [-0.15, -0.1) is 0 Å². The maximum atomic E-state index is 2.31. The second kappa shape index (κ2) is 12.1. The third-order valence-corrected chi connectivity index (χ3v) is 8.65. The van der Waals surface area contributed by atoms with Crippen LogP contribution in [0.1, 0.15) is 0 Å². The van der Waals surface area contributed by atoms with Gasteiger partial charge in [0, 0.05) is 34.3 Å². The number of fused-ring (bicyclic) bond motifs is 1. The number of aromatic nitrogens is 1.